The summed E-state index contributed by atoms with van der Waals surface area (Å²) in [5.74, 6) is 0.0149. The molecular formula is C18H20FN7. The summed E-state index contributed by atoms with van der Waals surface area (Å²) in [7, 11) is 0. The minimum absolute atomic E-state index is 0.173. The van der Waals surface area contributed by atoms with Gasteiger partial charge in [-0.15, -0.1) is 0 Å². The topological polar surface area (TPSA) is 87.4 Å². The first-order valence-electron chi connectivity index (χ1n) is 8.13. The van der Waals surface area contributed by atoms with Gasteiger partial charge in [-0.05, 0) is 32.9 Å². The molecule has 0 aliphatic rings. The van der Waals surface area contributed by atoms with Gasteiger partial charge in [0, 0.05) is 11.8 Å². The zero-order valence-electron chi connectivity index (χ0n) is 14.9. The zero-order chi connectivity index (χ0) is 18.8. The van der Waals surface area contributed by atoms with E-state index in [1.807, 2.05) is 13.8 Å². The number of halogens is 1. The van der Waals surface area contributed by atoms with E-state index in [0.29, 0.717) is 17.2 Å². The first-order valence-corrected chi connectivity index (χ1v) is 8.13. The van der Waals surface area contributed by atoms with Crippen LogP contribution in [0.25, 0.3) is 16.7 Å². The van der Waals surface area contributed by atoms with Crippen LogP contribution < -0.4 is 5.73 Å². The standard InChI is InChI=1S/C18H20FN7/c1-5-7-15(14(19)6-2)25-9-13(8-23-25)12(4)26-18-16(11(3)24-26)17(20)21-10-22-18/h5-10,12H,1H2,2-4H3,(H2,20,21,22)/b14-6+,15-7+. The summed E-state index contributed by atoms with van der Waals surface area (Å²) in [6, 6.07) is -0.173. The van der Waals surface area contributed by atoms with Crippen molar-refractivity contribution in [2.24, 2.45) is 0 Å². The number of anilines is 1. The molecule has 0 amide bonds. The highest BCUT2D eigenvalue weighted by molar-refractivity contribution is 5.88. The van der Waals surface area contributed by atoms with Crippen LogP contribution >= 0.6 is 0 Å². The fraction of sp³-hybridized carbons (Fsp3) is 0.222. The Labute approximate surface area is 150 Å². The highest BCUT2D eigenvalue weighted by Gasteiger charge is 2.19. The van der Waals surface area contributed by atoms with Crippen LogP contribution in [0, 0.1) is 6.92 Å². The molecule has 0 fully saturated rings. The molecule has 7 nitrogen and oxygen atoms in total. The lowest BCUT2D eigenvalue weighted by molar-refractivity contribution is 0.574. The molecule has 0 aliphatic heterocycles. The van der Waals surface area contributed by atoms with Gasteiger partial charge in [-0.2, -0.15) is 10.2 Å². The molecule has 3 aromatic heterocycles. The van der Waals surface area contributed by atoms with Gasteiger partial charge in [0.15, 0.2) is 5.65 Å². The van der Waals surface area contributed by atoms with E-state index in [1.54, 1.807) is 30.1 Å². The second-order valence-electron chi connectivity index (χ2n) is 5.81. The minimum Gasteiger partial charge on any atom is -0.383 e. The fourth-order valence-electron chi connectivity index (χ4n) is 2.79. The number of aromatic nitrogens is 6. The Morgan fingerprint density at radius 2 is 2.15 bits per heavy atom. The maximum absolute atomic E-state index is 14.1. The highest BCUT2D eigenvalue weighted by atomic mass is 19.1. The Morgan fingerprint density at radius 3 is 2.85 bits per heavy atom. The van der Waals surface area contributed by atoms with Gasteiger partial charge in [0.1, 0.15) is 18.0 Å². The Bertz CT molecular complexity index is 1030. The van der Waals surface area contributed by atoms with Crippen molar-refractivity contribution in [1.82, 2.24) is 29.5 Å². The maximum atomic E-state index is 14.1. The quantitative estimate of drug-likeness (QED) is 0.710. The molecule has 0 aromatic carbocycles. The molecule has 3 aromatic rings. The van der Waals surface area contributed by atoms with Crippen LogP contribution in [0.1, 0.15) is 31.1 Å². The van der Waals surface area contributed by atoms with E-state index in [9.17, 15) is 4.39 Å². The van der Waals surface area contributed by atoms with E-state index < -0.39 is 0 Å². The Morgan fingerprint density at radius 1 is 1.38 bits per heavy atom. The highest BCUT2D eigenvalue weighted by Crippen LogP contribution is 2.27. The average molecular weight is 353 g/mol. The van der Waals surface area contributed by atoms with Crippen molar-refractivity contribution < 1.29 is 4.39 Å². The first kappa shape index (κ1) is 17.5. The number of nitrogens with two attached hydrogens (primary N) is 1. The van der Waals surface area contributed by atoms with E-state index in [-0.39, 0.29) is 11.9 Å². The number of aryl methyl sites for hydroxylation is 1. The molecule has 1 atom stereocenters. The normalized spacial score (nSPS) is 14.0. The monoisotopic (exact) mass is 353 g/mol. The molecule has 3 rings (SSSR count). The fourth-order valence-corrected chi connectivity index (χ4v) is 2.79. The molecule has 3 heterocycles. The lowest BCUT2D eigenvalue weighted by atomic mass is 10.2. The zero-order valence-corrected chi connectivity index (χ0v) is 14.9. The van der Waals surface area contributed by atoms with Gasteiger partial charge in [-0.1, -0.05) is 12.7 Å². The number of fused-ring (bicyclic) bond motifs is 1. The van der Waals surface area contributed by atoms with E-state index >= 15 is 0 Å². The summed E-state index contributed by atoms with van der Waals surface area (Å²) in [6.45, 7) is 9.08. The number of rotatable bonds is 5. The molecule has 8 heteroatoms. The van der Waals surface area contributed by atoms with Crippen molar-refractivity contribution >= 4 is 22.5 Å². The molecule has 0 aliphatic carbocycles. The van der Waals surface area contributed by atoms with E-state index in [0.717, 1.165) is 16.6 Å². The third-order valence-electron chi connectivity index (χ3n) is 4.17. The first-order chi connectivity index (χ1) is 12.5. The van der Waals surface area contributed by atoms with Crippen LogP contribution in [0.15, 0.2) is 49.4 Å². The van der Waals surface area contributed by atoms with Crippen molar-refractivity contribution in [3.05, 3.63) is 60.6 Å². The molecular weight excluding hydrogens is 333 g/mol. The van der Waals surface area contributed by atoms with Gasteiger partial charge >= 0.3 is 0 Å². The van der Waals surface area contributed by atoms with Crippen LogP contribution in [0.5, 0.6) is 0 Å². The number of hydrogen-bond donors (Lipinski definition) is 1. The van der Waals surface area contributed by atoms with Gasteiger partial charge in [0.25, 0.3) is 0 Å². The van der Waals surface area contributed by atoms with E-state index in [4.69, 9.17) is 5.73 Å². The van der Waals surface area contributed by atoms with Gasteiger partial charge in [-0.3, -0.25) is 0 Å². The predicted molar refractivity (Wildman–Crippen MR) is 99.8 cm³/mol. The molecule has 134 valence electrons. The largest absolute Gasteiger partial charge is 0.383 e. The summed E-state index contributed by atoms with van der Waals surface area (Å²) in [4.78, 5) is 8.33. The van der Waals surface area contributed by atoms with Crippen LogP contribution in [-0.4, -0.2) is 29.5 Å². The third-order valence-corrected chi connectivity index (χ3v) is 4.17. The average Bonchev–Trinajstić information content (AvgIpc) is 3.24. The second-order valence-corrected chi connectivity index (χ2v) is 5.81. The number of hydrogen-bond acceptors (Lipinski definition) is 5. The molecule has 0 spiro atoms. The molecule has 0 bridgehead atoms. The number of nitrogen functional groups attached to an aromatic ring is 1. The van der Waals surface area contributed by atoms with E-state index in [2.05, 4.69) is 26.7 Å². The smallest absolute Gasteiger partial charge is 0.164 e. The molecule has 1 unspecified atom stereocenters. The summed E-state index contributed by atoms with van der Waals surface area (Å²) in [5, 5.41) is 9.56. The summed E-state index contributed by atoms with van der Waals surface area (Å²) in [5.41, 5.74) is 8.52. The lowest BCUT2D eigenvalue weighted by Gasteiger charge is -2.11. The van der Waals surface area contributed by atoms with Crippen molar-refractivity contribution in [2.75, 3.05) is 5.73 Å². The Balaban J connectivity index is 2.04. The molecule has 26 heavy (non-hydrogen) atoms. The Hall–Kier alpha value is -3.29. The van der Waals surface area contributed by atoms with Crippen LogP contribution in [0.3, 0.4) is 0 Å². The Kier molecular flexibility index (Phi) is 4.66. The molecule has 2 N–H and O–H groups in total. The maximum Gasteiger partial charge on any atom is 0.164 e. The van der Waals surface area contributed by atoms with Crippen molar-refractivity contribution in [2.45, 2.75) is 26.8 Å². The van der Waals surface area contributed by atoms with Gasteiger partial charge in [0.2, 0.25) is 0 Å². The SMILES string of the molecule is C=C/C=C(\C(F)=C/C)n1cc(C(C)n2nc(C)c3c(N)ncnc32)cn1. The number of nitrogens with zero attached hydrogens (tertiary/aromatic N) is 6. The van der Waals surface area contributed by atoms with Crippen LogP contribution in [-0.2, 0) is 0 Å². The second kappa shape index (κ2) is 6.91. The van der Waals surface area contributed by atoms with Gasteiger partial charge in [0.05, 0.1) is 29.0 Å². The summed E-state index contributed by atoms with van der Waals surface area (Å²) in [6.07, 6.45) is 9.32. The van der Waals surface area contributed by atoms with Crippen LogP contribution in [0.2, 0.25) is 0 Å². The third kappa shape index (κ3) is 2.90. The molecule has 0 radical (unpaired) electrons. The van der Waals surface area contributed by atoms with Gasteiger partial charge < -0.3 is 5.73 Å². The lowest BCUT2D eigenvalue weighted by Crippen LogP contribution is -2.09. The van der Waals surface area contributed by atoms with E-state index in [1.165, 1.54) is 23.2 Å². The summed E-state index contributed by atoms with van der Waals surface area (Å²) < 4.78 is 17.3. The predicted octanol–water partition coefficient (Wildman–Crippen LogP) is 3.42. The minimum atomic E-state index is -0.381. The van der Waals surface area contributed by atoms with Crippen molar-refractivity contribution in [3.63, 3.8) is 0 Å². The van der Waals surface area contributed by atoms with Crippen LogP contribution in [0.4, 0.5) is 10.2 Å². The molecule has 0 saturated heterocycles. The van der Waals surface area contributed by atoms with Gasteiger partial charge in [-0.25, -0.2) is 23.7 Å². The summed E-state index contributed by atoms with van der Waals surface area (Å²) >= 11 is 0. The number of allylic oxidation sites excluding steroid dienone is 5. The molecule has 0 saturated carbocycles. The van der Waals surface area contributed by atoms with Crippen molar-refractivity contribution in [1.29, 1.82) is 0 Å². The van der Waals surface area contributed by atoms with Crippen molar-refractivity contribution in [3.8, 4) is 0 Å².